The molecule has 3 heterocycles. The lowest BCUT2D eigenvalue weighted by Gasteiger charge is -2.49. The minimum absolute atomic E-state index is 0.0128. The molecule has 2 N–H and O–H groups in total. The smallest absolute Gasteiger partial charge is 0.327 e. The Hall–Kier alpha value is -3.40. The standard InChI is InChI=1S/C38H41IN2O9/c1-36(2,3)47-29(43)19-18-27(22-42)40-35(45)37-20-28-30-31(49-38(48-30,24-10-6-4-7-11-24)25-12-8-5-9-13-25)33(37)50-41(32(37)34(44)46-28)21-23-14-16-26(39)17-15-23/h4-17,27-28,30-33,42H,18-22H2,1-3H3,(H,40,45)/t27-,28+,30-,31-,32-,33+,37-/m0/s1. The first-order valence-corrected chi connectivity index (χ1v) is 18.0. The summed E-state index contributed by atoms with van der Waals surface area (Å²) in [4.78, 5) is 48.1. The van der Waals surface area contributed by atoms with Crippen LogP contribution in [0.2, 0.25) is 0 Å². The highest BCUT2D eigenvalue weighted by Crippen LogP contribution is 2.59. The van der Waals surface area contributed by atoms with Gasteiger partial charge in [-0.25, -0.2) is 0 Å². The maximum atomic E-state index is 14.8. The van der Waals surface area contributed by atoms with Gasteiger partial charge in [-0.1, -0.05) is 72.8 Å². The predicted molar refractivity (Wildman–Crippen MR) is 188 cm³/mol. The molecule has 3 aromatic rings. The van der Waals surface area contributed by atoms with Gasteiger partial charge in [-0.3, -0.25) is 19.2 Å². The molecule has 4 aliphatic rings. The van der Waals surface area contributed by atoms with Gasteiger partial charge in [-0.05, 0) is 67.5 Å². The van der Waals surface area contributed by atoms with Crippen molar-refractivity contribution in [3.05, 3.63) is 105 Å². The van der Waals surface area contributed by atoms with Gasteiger partial charge in [0.2, 0.25) is 11.7 Å². The molecular weight excluding hydrogens is 755 g/mol. The summed E-state index contributed by atoms with van der Waals surface area (Å²) in [6, 6.07) is 25.0. The molecular formula is C38H41IN2O9. The van der Waals surface area contributed by atoms with Crippen molar-refractivity contribution in [2.24, 2.45) is 5.41 Å². The maximum absolute atomic E-state index is 14.8. The summed E-state index contributed by atoms with van der Waals surface area (Å²) in [6.45, 7) is 5.12. The zero-order chi connectivity index (χ0) is 35.3. The summed E-state index contributed by atoms with van der Waals surface area (Å²) in [6.07, 6.45) is -3.13. The number of nitrogens with zero attached hydrogens (tertiary/aromatic N) is 1. The van der Waals surface area contributed by atoms with E-state index in [1.165, 1.54) is 5.06 Å². The van der Waals surface area contributed by atoms with E-state index in [1.807, 2.05) is 84.9 Å². The molecule has 1 amide bonds. The number of hydrogen-bond acceptors (Lipinski definition) is 10. The van der Waals surface area contributed by atoms with Crippen LogP contribution in [0, 0.1) is 8.99 Å². The van der Waals surface area contributed by atoms with Gasteiger partial charge in [-0.15, -0.1) is 0 Å². The van der Waals surface area contributed by atoms with Gasteiger partial charge < -0.3 is 29.4 Å². The summed E-state index contributed by atoms with van der Waals surface area (Å²) in [7, 11) is 0. The predicted octanol–water partition coefficient (Wildman–Crippen LogP) is 4.38. The number of halogens is 1. The van der Waals surface area contributed by atoms with Crippen molar-refractivity contribution in [3.8, 4) is 0 Å². The van der Waals surface area contributed by atoms with Crippen molar-refractivity contribution >= 4 is 40.4 Å². The zero-order valence-corrected chi connectivity index (χ0v) is 30.3. The fraction of sp³-hybridized carbons (Fsp3) is 0.447. The van der Waals surface area contributed by atoms with Crippen LogP contribution in [-0.2, 0) is 50.5 Å². The van der Waals surface area contributed by atoms with Crippen molar-refractivity contribution in [1.29, 1.82) is 0 Å². The molecule has 3 saturated heterocycles. The maximum Gasteiger partial charge on any atom is 0.327 e. The monoisotopic (exact) mass is 796 g/mol. The zero-order valence-electron chi connectivity index (χ0n) is 28.1. The number of hydrogen-bond donors (Lipinski definition) is 2. The average molecular weight is 797 g/mol. The summed E-state index contributed by atoms with van der Waals surface area (Å²) >= 11 is 2.23. The van der Waals surface area contributed by atoms with Gasteiger partial charge in [0.15, 0.2) is 6.04 Å². The largest absolute Gasteiger partial charge is 0.460 e. The first-order valence-electron chi connectivity index (χ1n) is 16.9. The average Bonchev–Trinajstić information content (AvgIpc) is 3.67. The highest BCUT2D eigenvalue weighted by atomic mass is 127. The first kappa shape index (κ1) is 35.0. The topological polar surface area (TPSA) is 133 Å². The second-order valence-corrected chi connectivity index (χ2v) is 15.6. The number of nitrogens with one attached hydrogen (secondary N) is 1. The lowest BCUT2D eigenvalue weighted by atomic mass is 9.62. The third-order valence-corrected chi connectivity index (χ3v) is 10.5. The summed E-state index contributed by atoms with van der Waals surface area (Å²) in [5, 5.41) is 14.8. The molecule has 0 spiro atoms. The van der Waals surface area contributed by atoms with E-state index in [-0.39, 0.29) is 25.8 Å². The summed E-state index contributed by atoms with van der Waals surface area (Å²) in [5.74, 6) is -2.89. The molecule has 264 valence electrons. The summed E-state index contributed by atoms with van der Waals surface area (Å²) < 4.78 is 26.5. The second-order valence-electron chi connectivity index (χ2n) is 14.3. The molecule has 1 aliphatic carbocycles. The Bertz CT molecular complexity index is 1680. The minimum atomic E-state index is -1.46. The van der Waals surface area contributed by atoms with Gasteiger partial charge in [0.25, 0.3) is 0 Å². The fourth-order valence-corrected chi connectivity index (χ4v) is 8.03. The van der Waals surface area contributed by atoms with E-state index in [1.54, 1.807) is 20.8 Å². The van der Waals surface area contributed by atoms with Gasteiger partial charge in [0.1, 0.15) is 35.4 Å². The number of aliphatic hydroxyl groups is 1. The van der Waals surface area contributed by atoms with Crippen molar-refractivity contribution in [3.63, 3.8) is 0 Å². The van der Waals surface area contributed by atoms with E-state index in [0.29, 0.717) is 0 Å². The Morgan fingerprint density at radius 1 is 0.980 bits per heavy atom. The van der Waals surface area contributed by atoms with E-state index in [4.69, 9.17) is 23.8 Å². The summed E-state index contributed by atoms with van der Waals surface area (Å²) in [5.41, 5.74) is 0.235. The fourth-order valence-electron chi connectivity index (χ4n) is 7.67. The Labute approximate surface area is 304 Å². The first-order chi connectivity index (χ1) is 23.9. The highest BCUT2D eigenvalue weighted by Gasteiger charge is 2.76. The molecule has 7 rings (SSSR count). The van der Waals surface area contributed by atoms with Gasteiger partial charge in [0.05, 0.1) is 19.2 Å². The molecule has 3 aliphatic heterocycles. The van der Waals surface area contributed by atoms with Crippen LogP contribution < -0.4 is 5.32 Å². The van der Waals surface area contributed by atoms with Crippen LogP contribution in [0.1, 0.15) is 56.7 Å². The Morgan fingerprint density at radius 2 is 1.60 bits per heavy atom. The number of ether oxygens (including phenoxy) is 4. The second kappa shape index (κ2) is 13.6. The number of esters is 2. The van der Waals surface area contributed by atoms with Crippen LogP contribution in [0.4, 0.5) is 0 Å². The Kier molecular flexibility index (Phi) is 9.54. The number of hydroxylamine groups is 2. The molecule has 0 aromatic heterocycles. The van der Waals surface area contributed by atoms with Gasteiger partial charge >= 0.3 is 11.9 Å². The number of carbonyl (C=O) groups is 3. The van der Waals surface area contributed by atoms with Crippen LogP contribution in [0.5, 0.6) is 0 Å². The molecule has 3 aromatic carbocycles. The molecule has 0 radical (unpaired) electrons. The van der Waals surface area contributed by atoms with E-state index >= 15 is 0 Å². The number of aliphatic hydroxyl groups excluding tert-OH is 1. The van der Waals surface area contributed by atoms with E-state index < -0.39 is 77.8 Å². The lowest BCUT2D eigenvalue weighted by Crippen LogP contribution is -2.70. The number of fused-ring (bicyclic) bond motifs is 4. The van der Waals surface area contributed by atoms with Crippen LogP contribution in [-0.4, -0.2) is 76.7 Å². The van der Waals surface area contributed by atoms with E-state index in [9.17, 15) is 19.5 Å². The molecule has 2 bridgehead atoms. The minimum Gasteiger partial charge on any atom is -0.460 e. The van der Waals surface area contributed by atoms with Gasteiger partial charge in [-0.2, -0.15) is 5.06 Å². The molecule has 1 saturated carbocycles. The number of benzene rings is 3. The molecule has 50 heavy (non-hydrogen) atoms. The molecule has 7 atom stereocenters. The number of rotatable bonds is 10. The van der Waals surface area contributed by atoms with Crippen LogP contribution in [0.25, 0.3) is 0 Å². The van der Waals surface area contributed by atoms with Crippen LogP contribution in [0.15, 0.2) is 84.9 Å². The highest BCUT2D eigenvalue weighted by molar-refractivity contribution is 14.1. The third-order valence-electron chi connectivity index (χ3n) is 9.81. The van der Waals surface area contributed by atoms with E-state index in [2.05, 4.69) is 27.9 Å². The van der Waals surface area contributed by atoms with Crippen molar-refractivity contribution in [2.45, 2.75) is 94.5 Å². The normalized spacial score (nSPS) is 28.7. The third kappa shape index (κ3) is 6.34. The quantitative estimate of drug-likeness (QED) is 0.225. The molecule has 12 heteroatoms. The number of amides is 1. The van der Waals surface area contributed by atoms with Crippen LogP contribution >= 0.6 is 22.6 Å². The molecule has 11 nitrogen and oxygen atoms in total. The van der Waals surface area contributed by atoms with Crippen molar-refractivity contribution in [2.75, 3.05) is 6.61 Å². The Morgan fingerprint density at radius 3 is 2.20 bits per heavy atom. The van der Waals surface area contributed by atoms with Gasteiger partial charge in [0, 0.05) is 27.5 Å². The SMILES string of the molecule is CC(C)(C)OC(=O)CC[C@@H](CO)NC(=O)[C@@]12C[C@H]3OC(=O)[C@@H]1N(Cc1ccc(I)cc1)O[C@@H]2[C@H]1OC(c2ccccc2)(c2ccccc2)O[C@H]13. The number of carbonyl (C=O) groups excluding carboxylic acids is 3. The van der Waals surface area contributed by atoms with Crippen molar-refractivity contribution in [1.82, 2.24) is 10.4 Å². The van der Waals surface area contributed by atoms with Crippen LogP contribution in [0.3, 0.4) is 0 Å². The molecule has 0 unspecified atom stereocenters. The van der Waals surface area contributed by atoms with E-state index in [0.717, 1.165) is 20.3 Å². The Balaban J connectivity index is 1.26. The lowest BCUT2D eigenvalue weighted by molar-refractivity contribution is -0.213. The molecule has 4 fully saturated rings. The van der Waals surface area contributed by atoms with Crippen molar-refractivity contribution < 1.29 is 43.3 Å².